The maximum absolute atomic E-state index is 10.9. The predicted molar refractivity (Wildman–Crippen MR) is 102 cm³/mol. The van der Waals surface area contributed by atoms with Gasteiger partial charge in [-0.1, -0.05) is 41.4 Å². The lowest BCUT2D eigenvalue weighted by Crippen LogP contribution is -2.20. The molecule has 5 nitrogen and oxygen atoms in total. The number of hydrogen-bond acceptors (Lipinski definition) is 4. The van der Waals surface area contributed by atoms with Crippen molar-refractivity contribution in [2.75, 3.05) is 13.7 Å². The van der Waals surface area contributed by atoms with Crippen LogP contribution in [0.3, 0.4) is 0 Å². The van der Waals surface area contributed by atoms with Gasteiger partial charge in [0.25, 0.3) is 5.91 Å². The number of carbonyl (C=O) groups is 1. The van der Waals surface area contributed by atoms with Crippen LogP contribution in [-0.2, 0) is 17.9 Å². The molecule has 0 fully saturated rings. The van der Waals surface area contributed by atoms with Crippen molar-refractivity contribution in [3.05, 3.63) is 58.1 Å². The van der Waals surface area contributed by atoms with Crippen LogP contribution >= 0.6 is 24.0 Å². The minimum atomic E-state index is -0.572. The summed E-state index contributed by atoms with van der Waals surface area (Å²) in [6.45, 7) is 3.19. The Hall–Kier alpha value is -1.95. The molecule has 0 aliphatic carbocycles. The number of hydrogen-bond donors (Lipinski definition) is 2. The second-order valence-electron chi connectivity index (χ2n) is 5.45. The molecule has 0 radical (unpaired) electrons. The number of halogens is 2. The van der Waals surface area contributed by atoms with Gasteiger partial charge in [0.15, 0.2) is 18.1 Å². The van der Waals surface area contributed by atoms with Gasteiger partial charge in [-0.2, -0.15) is 0 Å². The average molecular weight is 385 g/mol. The van der Waals surface area contributed by atoms with E-state index in [2.05, 4.69) is 36.5 Å². The molecule has 0 aliphatic heterocycles. The first kappa shape index (κ1) is 21.1. The van der Waals surface area contributed by atoms with Crippen molar-refractivity contribution in [3.8, 4) is 11.5 Å². The highest BCUT2D eigenvalue weighted by Crippen LogP contribution is 2.36. The van der Waals surface area contributed by atoms with Crippen molar-refractivity contribution in [2.24, 2.45) is 5.73 Å². The van der Waals surface area contributed by atoms with E-state index in [4.69, 9.17) is 26.8 Å². The van der Waals surface area contributed by atoms with Crippen LogP contribution in [0.15, 0.2) is 36.4 Å². The fraction of sp³-hybridized carbons (Fsp3) is 0.278. The molecule has 136 valence electrons. The molecule has 2 aromatic carbocycles. The lowest BCUT2D eigenvalue weighted by molar-refractivity contribution is -0.119. The summed E-state index contributed by atoms with van der Waals surface area (Å²) in [6.07, 6.45) is 0. The quantitative estimate of drug-likeness (QED) is 0.732. The number of rotatable bonds is 8. The van der Waals surface area contributed by atoms with Gasteiger partial charge in [0.1, 0.15) is 0 Å². The molecule has 0 aromatic heterocycles. The van der Waals surface area contributed by atoms with E-state index >= 15 is 0 Å². The van der Waals surface area contributed by atoms with E-state index in [0.717, 1.165) is 12.1 Å². The van der Waals surface area contributed by atoms with E-state index in [1.807, 2.05) is 6.07 Å². The van der Waals surface area contributed by atoms with Gasteiger partial charge in [0.2, 0.25) is 0 Å². The molecule has 1 amide bonds. The zero-order chi connectivity index (χ0) is 17.5. The first-order chi connectivity index (χ1) is 11.5. The average Bonchev–Trinajstić information content (AvgIpc) is 2.55. The Bertz CT molecular complexity index is 706. The maximum Gasteiger partial charge on any atom is 0.255 e. The molecule has 0 saturated carbocycles. The number of primary amides is 1. The Labute approximate surface area is 158 Å². The van der Waals surface area contributed by atoms with Crippen LogP contribution in [0.25, 0.3) is 0 Å². The largest absolute Gasteiger partial charge is 0.493 e. The maximum atomic E-state index is 10.9. The van der Waals surface area contributed by atoms with Gasteiger partial charge in [-0.05, 0) is 30.2 Å². The molecule has 2 rings (SSSR count). The van der Waals surface area contributed by atoms with Crippen LogP contribution in [-0.4, -0.2) is 19.6 Å². The molecule has 0 saturated heterocycles. The summed E-state index contributed by atoms with van der Waals surface area (Å²) < 4.78 is 10.6. The molecule has 0 bridgehead atoms. The molecule has 25 heavy (non-hydrogen) atoms. The highest BCUT2D eigenvalue weighted by molar-refractivity contribution is 6.32. The molecular weight excluding hydrogens is 363 g/mol. The number of benzene rings is 2. The van der Waals surface area contributed by atoms with Gasteiger partial charge in [0.05, 0.1) is 12.1 Å². The van der Waals surface area contributed by atoms with Gasteiger partial charge in [-0.3, -0.25) is 4.79 Å². The molecular formula is C18H22Cl2N2O3. The van der Waals surface area contributed by atoms with E-state index < -0.39 is 5.91 Å². The second-order valence-corrected chi connectivity index (χ2v) is 5.86. The fourth-order valence-electron chi connectivity index (χ4n) is 2.22. The zero-order valence-electron chi connectivity index (χ0n) is 14.2. The molecule has 7 heteroatoms. The Morgan fingerprint density at radius 3 is 2.40 bits per heavy atom. The summed E-state index contributed by atoms with van der Waals surface area (Å²) in [5.74, 6) is 0.216. The number of nitrogens with two attached hydrogens (primary N) is 1. The summed E-state index contributed by atoms with van der Waals surface area (Å²) in [5, 5.41) is 3.73. The molecule has 0 unspecified atom stereocenters. The Morgan fingerprint density at radius 1 is 1.16 bits per heavy atom. The highest BCUT2D eigenvalue weighted by atomic mass is 35.5. The van der Waals surface area contributed by atoms with Crippen LogP contribution in [0.1, 0.15) is 16.7 Å². The second kappa shape index (κ2) is 10.1. The van der Waals surface area contributed by atoms with Crippen molar-refractivity contribution in [2.45, 2.75) is 20.0 Å². The van der Waals surface area contributed by atoms with E-state index in [9.17, 15) is 4.79 Å². The van der Waals surface area contributed by atoms with Gasteiger partial charge in [-0.25, -0.2) is 0 Å². The Morgan fingerprint density at radius 2 is 1.80 bits per heavy atom. The third-order valence-electron chi connectivity index (χ3n) is 3.43. The normalized spacial score (nSPS) is 10.0. The summed E-state index contributed by atoms with van der Waals surface area (Å²) >= 11 is 6.23. The standard InChI is InChI=1S/C18H21ClN2O3.ClH/c1-12-3-5-13(6-4-12)9-21-10-14-7-15(19)18(16(8-14)23-2)24-11-17(20)22;/h3-8,21H,9-11H2,1-2H3,(H2,20,22);1H. The lowest BCUT2D eigenvalue weighted by Gasteiger charge is -2.14. The topological polar surface area (TPSA) is 73.6 Å². The summed E-state index contributed by atoms with van der Waals surface area (Å²) in [4.78, 5) is 10.9. The summed E-state index contributed by atoms with van der Waals surface area (Å²) in [5.41, 5.74) is 8.48. The number of amides is 1. The van der Waals surface area contributed by atoms with Crippen molar-refractivity contribution in [3.63, 3.8) is 0 Å². The molecule has 0 aliphatic rings. The lowest BCUT2D eigenvalue weighted by atomic mass is 10.1. The third-order valence-corrected chi connectivity index (χ3v) is 3.71. The smallest absolute Gasteiger partial charge is 0.255 e. The molecule has 2 aromatic rings. The SMILES string of the molecule is COc1cc(CNCc2ccc(C)cc2)cc(Cl)c1OCC(N)=O.Cl. The van der Waals surface area contributed by atoms with Crippen LogP contribution in [0, 0.1) is 6.92 Å². The van der Waals surface area contributed by atoms with Gasteiger partial charge >= 0.3 is 0 Å². The van der Waals surface area contributed by atoms with E-state index in [0.29, 0.717) is 23.1 Å². The Kier molecular flexibility index (Phi) is 8.55. The number of methoxy groups -OCH3 is 1. The number of aryl methyl sites for hydroxylation is 1. The Balaban J connectivity index is 0.00000312. The number of ether oxygens (including phenoxy) is 2. The minimum absolute atomic E-state index is 0. The zero-order valence-corrected chi connectivity index (χ0v) is 15.7. The van der Waals surface area contributed by atoms with Crippen molar-refractivity contribution in [1.82, 2.24) is 5.32 Å². The van der Waals surface area contributed by atoms with Crippen molar-refractivity contribution >= 4 is 29.9 Å². The summed E-state index contributed by atoms with van der Waals surface area (Å²) in [6, 6.07) is 12.0. The van der Waals surface area contributed by atoms with Crippen molar-refractivity contribution in [1.29, 1.82) is 0 Å². The highest BCUT2D eigenvalue weighted by Gasteiger charge is 2.13. The molecule has 3 N–H and O–H groups in total. The van der Waals surface area contributed by atoms with Gasteiger partial charge in [-0.15, -0.1) is 12.4 Å². The van der Waals surface area contributed by atoms with Crippen molar-refractivity contribution < 1.29 is 14.3 Å². The number of nitrogens with one attached hydrogen (secondary N) is 1. The third kappa shape index (κ3) is 6.46. The van der Waals surface area contributed by atoms with Crippen LogP contribution in [0.4, 0.5) is 0 Å². The van der Waals surface area contributed by atoms with Crippen LogP contribution < -0.4 is 20.5 Å². The van der Waals surface area contributed by atoms with E-state index in [-0.39, 0.29) is 19.0 Å². The van der Waals surface area contributed by atoms with Gasteiger partial charge in [0, 0.05) is 13.1 Å². The van der Waals surface area contributed by atoms with Crippen LogP contribution in [0.2, 0.25) is 5.02 Å². The van der Waals surface area contributed by atoms with Crippen LogP contribution in [0.5, 0.6) is 11.5 Å². The fourth-order valence-corrected chi connectivity index (χ4v) is 2.50. The first-order valence-corrected chi connectivity index (χ1v) is 7.91. The minimum Gasteiger partial charge on any atom is -0.493 e. The molecule has 0 spiro atoms. The first-order valence-electron chi connectivity index (χ1n) is 7.53. The predicted octanol–water partition coefficient (Wildman–Crippen LogP) is 3.23. The molecule has 0 heterocycles. The van der Waals surface area contributed by atoms with E-state index in [1.54, 1.807) is 6.07 Å². The summed E-state index contributed by atoms with van der Waals surface area (Å²) in [7, 11) is 1.52. The van der Waals surface area contributed by atoms with Gasteiger partial charge < -0.3 is 20.5 Å². The molecule has 0 atom stereocenters. The van der Waals surface area contributed by atoms with E-state index in [1.165, 1.54) is 18.2 Å². The monoisotopic (exact) mass is 384 g/mol. The number of carbonyl (C=O) groups excluding carboxylic acids is 1.